The van der Waals surface area contributed by atoms with Gasteiger partial charge in [-0.05, 0) is 12.3 Å². The molecule has 7 N–H and O–H groups in total. The van der Waals surface area contributed by atoms with Crippen molar-refractivity contribution in [3.8, 4) is 0 Å². The van der Waals surface area contributed by atoms with Crippen molar-refractivity contribution in [3.63, 3.8) is 0 Å². The predicted octanol–water partition coefficient (Wildman–Crippen LogP) is -2.96. The highest BCUT2D eigenvalue weighted by atomic mass is 16.4. The van der Waals surface area contributed by atoms with Crippen LogP contribution in [-0.4, -0.2) is 79.6 Å². The van der Waals surface area contributed by atoms with E-state index in [1.54, 1.807) is 13.8 Å². The molecule has 9 nitrogen and oxygen atoms in total. The van der Waals surface area contributed by atoms with Gasteiger partial charge in [0.1, 0.15) is 24.4 Å². The van der Waals surface area contributed by atoms with Crippen LogP contribution >= 0.6 is 0 Å². The summed E-state index contributed by atoms with van der Waals surface area (Å²) in [6.45, 7) is 2.61. The minimum absolute atomic E-state index is 0.0322. The summed E-state index contributed by atoms with van der Waals surface area (Å²) in [7, 11) is 0. The van der Waals surface area contributed by atoms with Crippen LogP contribution in [0.25, 0.3) is 0 Å². The molecule has 0 aliphatic heterocycles. The molecule has 0 radical (unpaired) electrons. The first-order chi connectivity index (χ1) is 9.61. The number of aliphatic hydroxyl groups is 5. The van der Waals surface area contributed by atoms with Crippen LogP contribution in [0.15, 0.2) is 0 Å². The Hall–Kier alpha value is -1.26. The highest BCUT2D eigenvalue weighted by Gasteiger charge is 2.35. The first-order valence-corrected chi connectivity index (χ1v) is 6.48. The molecular formula is C12H23NO8. The maximum Gasteiger partial charge on any atom is 0.326 e. The zero-order valence-electron chi connectivity index (χ0n) is 11.9. The van der Waals surface area contributed by atoms with Gasteiger partial charge in [-0.3, -0.25) is 4.79 Å². The fourth-order valence-electron chi connectivity index (χ4n) is 1.63. The van der Waals surface area contributed by atoms with Crippen molar-refractivity contribution in [1.29, 1.82) is 0 Å². The summed E-state index contributed by atoms with van der Waals surface area (Å²) in [6.07, 6.45) is -7.79. The number of aliphatic hydroxyl groups excluding tert-OH is 5. The Morgan fingerprint density at radius 1 is 1.05 bits per heavy atom. The highest BCUT2D eigenvalue weighted by Crippen LogP contribution is 2.08. The molecule has 0 aliphatic rings. The summed E-state index contributed by atoms with van der Waals surface area (Å²) >= 11 is 0. The van der Waals surface area contributed by atoms with Crippen molar-refractivity contribution in [1.82, 2.24) is 5.32 Å². The lowest BCUT2D eigenvalue weighted by Gasteiger charge is -2.26. The molecule has 0 saturated carbocycles. The normalized spacial score (nSPS) is 18.7. The minimum Gasteiger partial charge on any atom is -0.480 e. The Labute approximate surface area is 121 Å². The third-order valence-corrected chi connectivity index (χ3v) is 2.85. The Morgan fingerprint density at radius 3 is 1.95 bits per heavy atom. The third kappa shape index (κ3) is 6.36. The van der Waals surface area contributed by atoms with Crippen molar-refractivity contribution >= 4 is 11.9 Å². The second-order valence-corrected chi connectivity index (χ2v) is 5.20. The molecule has 0 aromatic rings. The summed E-state index contributed by atoms with van der Waals surface area (Å²) in [5.41, 5.74) is 0. The summed E-state index contributed by atoms with van der Waals surface area (Å²) in [5.74, 6) is -2.52. The van der Waals surface area contributed by atoms with E-state index in [0.29, 0.717) is 0 Å². The average Bonchev–Trinajstić information content (AvgIpc) is 2.42. The van der Waals surface area contributed by atoms with E-state index < -0.39 is 48.9 Å². The number of rotatable bonds is 9. The molecule has 0 saturated heterocycles. The van der Waals surface area contributed by atoms with Crippen molar-refractivity contribution in [3.05, 3.63) is 0 Å². The van der Waals surface area contributed by atoms with E-state index in [2.05, 4.69) is 0 Å². The van der Waals surface area contributed by atoms with Gasteiger partial charge in [-0.15, -0.1) is 0 Å². The smallest absolute Gasteiger partial charge is 0.326 e. The van der Waals surface area contributed by atoms with Crippen molar-refractivity contribution in [2.24, 2.45) is 5.92 Å². The molecule has 0 unspecified atom stereocenters. The van der Waals surface area contributed by atoms with Gasteiger partial charge >= 0.3 is 5.97 Å². The quantitative estimate of drug-likeness (QED) is 0.237. The van der Waals surface area contributed by atoms with Crippen LogP contribution in [-0.2, 0) is 9.59 Å². The predicted molar refractivity (Wildman–Crippen MR) is 70.1 cm³/mol. The number of carboxylic acids is 1. The Kier molecular flexibility index (Phi) is 8.37. The lowest BCUT2D eigenvalue weighted by molar-refractivity contribution is -0.153. The van der Waals surface area contributed by atoms with Gasteiger partial charge in [-0.2, -0.15) is 0 Å². The van der Waals surface area contributed by atoms with Crippen molar-refractivity contribution in [2.75, 3.05) is 6.61 Å². The number of hydrogen-bond acceptors (Lipinski definition) is 7. The topological polar surface area (TPSA) is 168 Å². The Morgan fingerprint density at radius 2 is 1.57 bits per heavy atom. The fourth-order valence-corrected chi connectivity index (χ4v) is 1.63. The van der Waals surface area contributed by atoms with Crippen LogP contribution in [0.1, 0.15) is 20.3 Å². The van der Waals surface area contributed by atoms with Gasteiger partial charge in [-0.25, -0.2) is 4.79 Å². The first kappa shape index (κ1) is 19.7. The zero-order chi connectivity index (χ0) is 16.7. The van der Waals surface area contributed by atoms with Crippen molar-refractivity contribution < 1.29 is 40.2 Å². The van der Waals surface area contributed by atoms with Gasteiger partial charge in [-0.1, -0.05) is 13.8 Å². The summed E-state index contributed by atoms with van der Waals surface area (Å²) < 4.78 is 0. The molecule has 0 aromatic carbocycles. The first-order valence-electron chi connectivity index (χ1n) is 6.48. The fraction of sp³-hybridized carbons (Fsp3) is 0.833. The maximum atomic E-state index is 11.7. The number of amides is 1. The molecule has 0 spiro atoms. The van der Waals surface area contributed by atoms with Gasteiger partial charge in [0.15, 0.2) is 6.10 Å². The highest BCUT2D eigenvalue weighted by molar-refractivity contribution is 5.86. The molecule has 124 valence electrons. The molecule has 21 heavy (non-hydrogen) atoms. The second-order valence-electron chi connectivity index (χ2n) is 5.20. The summed E-state index contributed by atoms with van der Waals surface area (Å²) in [6, 6.07) is -1.25. The molecule has 0 aliphatic carbocycles. The number of carboxylic acid groups (broad SMARTS) is 1. The second kappa shape index (κ2) is 8.90. The standard InChI is InChI=1S/C12H23NO8/c1-5(2)3-6(12(20)21)13-11(19)10(18)9(17)8(16)7(15)4-14/h5-10,14-18H,3-4H2,1-2H3,(H,13,19)(H,20,21)/t6-,7-,8-,9+,10+/m0/s1. The van der Waals surface area contributed by atoms with Gasteiger partial charge in [0, 0.05) is 0 Å². The van der Waals surface area contributed by atoms with Crippen LogP contribution in [0.3, 0.4) is 0 Å². The number of carbonyl (C=O) groups excluding carboxylic acids is 1. The zero-order valence-corrected chi connectivity index (χ0v) is 11.9. The molecule has 9 heteroatoms. The lowest BCUT2D eigenvalue weighted by atomic mass is 10.0. The van der Waals surface area contributed by atoms with Crippen molar-refractivity contribution in [2.45, 2.75) is 50.7 Å². The third-order valence-electron chi connectivity index (χ3n) is 2.85. The average molecular weight is 309 g/mol. The largest absolute Gasteiger partial charge is 0.480 e. The number of nitrogens with one attached hydrogen (secondary N) is 1. The van der Waals surface area contributed by atoms with Crippen LogP contribution < -0.4 is 5.32 Å². The lowest BCUT2D eigenvalue weighted by Crippen LogP contribution is -2.54. The van der Waals surface area contributed by atoms with Gasteiger partial charge < -0.3 is 36.0 Å². The summed E-state index contributed by atoms with van der Waals surface area (Å²) in [5, 5.41) is 57.2. The van der Waals surface area contributed by atoms with Crippen LogP contribution in [0, 0.1) is 5.92 Å². The Bertz CT molecular complexity index is 348. The van der Waals surface area contributed by atoms with E-state index in [9.17, 15) is 24.9 Å². The molecule has 0 fully saturated rings. The van der Waals surface area contributed by atoms with Crippen LogP contribution in [0.5, 0.6) is 0 Å². The monoisotopic (exact) mass is 309 g/mol. The van der Waals surface area contributed by atoms with E-state index in [0.717, 1.165) is 0 Å². The molecule has 0 aromatic heterocycles. The molecule has 0 bridgehead atoms. The number of aliphatic carboxylic acids is 1. The van der Waals surface area contributed by atoms with E-state index in [-0.39, 0.29) is 12.3 Å². The molecule has 0 heterocycles. The Balaban J connectivity index is 4.71. The SMILES string of the molecule is CC(C)C[C@H](NC(=O)[C@H](O)[C@H](O)[C@@H](O)[C@@H](O)CO)C(=O)O. The van der Waals surface area contributed by atoms with Gasteiger partial charge in [0.25, 0.3) is 5.91 Å². The summed E-state index contributed by atoms with van der Waals surface area (Å²) in [4.78, 5) is 22.6. The maximum absolute atomic E-state index is 11.7. The molecule has 0 rings (SSSR count). The number of carbonyl (C=O) groups is 2. The van der Waals surface area contributed by atoms with Gasteiger partial charge in [0.2, 0.25) is 0 Å². The van der Waals surface area contributed by atoms with Crippen LogP contribution in [0.2, 0.25) is 0 Å². The molecule has 1 amide bonds. The van der Waals surface area contributed by atoms with E-state index in [4.69, 9.17) is 15.3 Å². The van der Waals surface area contributed by atoms with Crippen LogP contribution in [0.4, 0.5) is 0 Å². The number of hydrogen-bond donors (Lipinski definition) is 7. The van der Waals surface area contributed by atoms with E-state index >= 15 is 0 Å². The molecular weight excluding hydrogens is 286 g/mol. The van der Waals surface area contributed by atoms with Gasteiger partial charge in [0.05, 0.1) is 6.61 Å². The minimum atomic E-state index is -2.14. The van der Waals surface area contributed by atoms with E-state index in [1.807, 2.05) is 5.32 Å². The molecule has 5 atom stereocenters. The van der Waals surface area contributed by atoms with E-state index in [1.165, 1.54) is 0 Å².